The van der Waals surface area contributed by atoms with Crippen molar-refractivity contribution in [3.63, 3.8) is 0 Å². The van der Waals surface area contributed by atoms with Gasteiger partial charge in [-0.2, -0.15) is 0 Å². The zero-order chi connectivity index (χ0) is 14.8. The number of nitrogens with one attached hydrogen (secondary N) is 1. The number of aryl methyl sites for hydroxylation is 2. The minimum absolute atomic E-state index is 0.0978. The zero-order valence-corrected chi connectivity index (χ0v) is 12.2. The van der Waals surface area contributed by atoms with Gasteiger partial charge in [0.05, 0.1) is 12.3 Å². The van der Waals surface area contributed by atoms with E-state index in [9.17, 15) is 4.79 Å². The minimum Gasteiger partial charge on any atom is -0.371 e. The van der Waals surface area contributed by atoms with E-state index >= 15 is 0 Å². The van der Waals surface area contributed by atoms with Crippen LogP contribution in [0.5, 0.6) is 0 Å². The molecule has 0 radical (unpaired) electrons. The van der Waals surface area contributed by atoms with Crippen molar-refractivity contribution in [1.29, 1.82) is 0 Å². The van der Waals surface area contributed by atoms with E-state index in [0.717, 1.165) is 12.0 Å². The van der Waals surface area contributed by atoms with Crippen LogP contribution in [-0.2, 0) is 11.2 Å². The fraction of sp³-hybridized carbons (Fsp3) is 0.375. The van der Waals surface area contributed by atoms with E-state index in [0.29, 0.717) is 30.2 Å². The Hall–Kier alpha value is -2.14. The Morgan fingerprint density at radius 1 is 1.38 bits per heavy atom. The van der Waals surface area contributed by atoms with Crippen molar-refractivity contribution < 1.29 is 14.1 Å². The molecule has 21 heavy (non-hydrogen) atoms. The average molecular weight is 286 g/mol. The van der Waals surface area contributed by atoms with E-state index in [1.807, 2.05) is 12.1 Å². The number of hydrogen-bond acceptors (Lipinski definition) is 4. The largest absolute Gasteiger partial charge is 0.371 e. The van der Waals surface area contributed by atoms with Crippen molar-refractivity contribution in [2.75, 3.05) is 13.2 Å². The molecule has 0 bridgehead atoms. The van der Waals surface area contributed by atoms with Crippen LogP contribution in [0.2, 0.25) is 0 Å². The molecule has 3 rings (SSSR count). The average Bonchev–Trinajstić information content (AvgIpc) is 2.84. The molecule has 5 heteroatoms. The molecule has 1 aromatic carbocycles. The van der Waals surface area contributed by atoms with Crippen molar-refractivity contribution in [1.82, 2.24) is 10.5 Å². The number of fused-ring (bicyclic) bond motifs is 1. The summed E-state index contributed by atoms with van der Waals surface area (Å²) < 4.78 is 10.8. The van der Waals surface area contributed by atoms with Crippen molar-refractivity contribution in [2.24, 2.45) is 0 Å². The summed E-state index contributed by atoms with van der Waals surface area (Å²) in [4.78, 5) is 12.2. The second-order valence-electron chi connectivity index (χ2n) is 5.22. The van der Waals surface area contributed by atoms with Crippen molar-refractivity contribution in [2.45, 2.75) is 26.4 Å². The SMILES string of the molecule is Cc1noc(C)c1C(=O)NCC1OCCc2ccccc21. The fourth-order valence-corrected chi connectivity index (χ4v) is 2.73. The number of rotatable bonds is 3. The molecular weight excluding hydrogens is 268 g/mol. The van der Waals surface area contributed by atoms with Gasteiger partial charge >= 0.3 is 0 Å². The molecule has 0 saturated heterocycles. The number of aromatic nitrogens is 1. The lowest BCUT2D eigenvalue weighted by atomic mass is 9.97. The van der Waals surface area contributed by atoms with Crippen LogP contribution in [0.4, 0.5) is 0 Å². The molecule has 110 valence electrons. The molecule has 0 saturated carbocycles. The minimum atomic E-state index is -0.169. The number of ether oxygens (including phenoxy) is 1. The first-order valence-corrected chi connectivity index (χ1v) is 7.07. The number of amides is 1. The van der Waals surface area contributed by atoms with Gasteiger partial charge < -0.3 is 14.6 Å². The molecule has 2 heterocycles. The van der Waals surface area contributed by atoms with Crippen LogP contribution in [0.1, 0.15) is 39.0 Å². The normalized spacial score (nSPS) is 17.3. The maximum Gasteiger partial charge on any atom is 0.256 e. The highest BCUT2D eigenvalue weighted by Gasteiger charge is 2.23. The Morgan fingerprint density at radius 3 is 2.95 bits per heavy atom. The smallest absolute Gasteiger partial charge is 0.256 e. The van der Waals surface area contributed by atoms with Gasteiger partial charge in [-0.25, -0.2) is 0 Å². The van der Waals surface area contributed by atoms with E-state index in [-0.39, 0.29) is 12.0 Å². The standard InChI is InChI=1S/C16H18N2O3/c1-10-15(11(2)21-18-10)16(19)17-9-14-13-6-4-3-5-12(13)7-8-20-14/h3-6,14H,7-9H2,1-2H3,(H,17,19). The molecule has 1 aliphatic heterocycles. The van der Waals surface area contributed by atoms with Gasteiger partial charge in [0.2, 0.25) is 0 Å². The van der Waals surface area contributed by atoms with Crippen LogP contribution in [0.15, 0.2) is 28.8 Å². The second kappa shape index (κ2) is 5.69. The van der Waals surface area contributed by atoms with E-state index in [2.05, 4.69) is 22.6 Å². The summed E-state index contributed by atoms with van der Waals surface area (Å²) in [5.41, 5.74) is 3.57. The lowest BCUT2D eigenvalue weighted by Gasteiger charge is -2.26. The molecule has 1 unspecified atom stereocenters. The summed E-state index contributed by atoms with van der Waals surface area (Å²) in [5, 5.41) is 6.71. The molecule has 0 spiro atoms. The van der Waals surface area contributed by atoms with Gasteiger partial charge in [-0.15, -0.1) is 0 Å². The van der Waals surface area contributed by atoms with E-state index < -0.39 is 0 Å². The molecular formula is C16H18N2O3. The second-order valence-corrected chi connectivity index (χ2v) is 5.22. The van der Waals surface area contributed by atoms with Gasteiger partial charge in [-0.1, -0.05) is 29.4 Å². The molecule has 1 aliphatic rings. The highest BCUT2D eigenvalue weighted by atomic mass is 16.5. The van der Waals surface area contributed by atoms with Crippen LogP contribution >= 0.6 is 0 Å². The van der Waals surface area contributed by atoms with Gasteiger partial charge in [0.15, 0.2) is 0 Å². The highest BCUT2D eigenvalue weighted by molar-refractivity contribution is 5.96. The fourth-order valence-electron chi connectivity index (χ4n) is 2.73. The van der Waals surface area contributed by atoms with Gasteiger partial charge in [0.25, 0.3) is 5.91 Å². The van der Waals surface area contributed by atoms with E-state index in [1.165, 1.54) is 5.56 Å². The van der Waals surface area contributed by atoms with Crippen LogP contribution in [0, 0.1) is 13.8 Å². The predicted octanol–water partition coefficient (Wildman–Crippen LogP) is 2.34. The van der Waals surface area contributed by atoms with Crippen LogP contribution in [-0.4, -0.2) is 24.2 Å². The Bertz CT molecular complexity index is 644. The quantitative estimate of drug-likeness (QED) is 0.940. The topological polar surface area (TPSA) is 64.4 Å². The number of nitrogens with zero attached hydrogens (tertiary/aromatic N) is 1. The molecule has 0 fully saturated rings. The Labute approximate surface area is 123 Å². The van der Waals surface area contributed by atoms with Crippen molar-refractivity contribution in [3.8, 4) is 0 Å². The highest BCUT2D eigenvalue weighted by Crippen LogP contribution is 2.26. The summed E-state index contributed by atoms with van der Waals surface area (Å²) in [6.45, 7) is 4.63. The number of benzene rings is 1. The number of hydrogen-bond donors (Lipinski definition) is 1. The molecule has 1 atom stereocenters. The summed E-state index contributed by atoms with van der Waals surface area (Å²) in [6.07, 6.45) is 0.823. The summed E-state index contributed by atoms with van der Waals surface area (Å²) in [6, 6.07) is 8.20. The zero-order valence-electron chi connectivity index (χ0n) is 12.2. The van der Waals surface area contributed by atoms with Gasteiger partial charge in [-0.05, 0) is 31.4 Å². The molecule has 1 amide bonds. The maximum atomic E-state index is 12.2. The third-order valence-corrected chi connectivity index (χ3v) is 3.80. The first-order chi connectivity index (χ1) is 10.2. The molecule has 2 aromatic rings. The summed E-state index contributed by atoms with van der Waals surface area (Å²) >= 11 is 0. The van der Waals surface area contributed by atoms with Crippen LogP contribution < -0.4 is 5.32 Å². The lowest BCUT2D eigenvalue weighted by molar-refractivity contribution is 0.0411. The van der Waals surface area contributed by atoms with Crippen LogP contribution in [0.25, 0.3) is 0 Å². The van der Waals surface area contributed by atoms with Gasteiger partial charge in [0.1, 0.15) is 17.4 Å². The Balaban J connectivity index is 1.70. The van der Waals surface area contributed by atoms with Crippen molar-refractivity contribution >= 4 is 5.91 Å². The first kappa shape index (κ1) is 13.8. The monoisotopic (exact) mass is 286 g/mol. The van der Waals surface area contributed by atoms with Gasteiger partial charge in [0, 0.05) is 6.54 Å². The summed E-state index contributed by atoms with van der Waals surface area (Å²) in [7, 11) is 0. The molecule has 1 aromatic heterocycles. The van der Waals surface area contributed by atoms with Crippen LogP contribution in [0.3, 0.4) is 0 Å². The molecule has 5 nitrogen and oxygen atoms in total. The first-order valence-electron chi connectivity index (χ1n) is 7.07. The number of carbonyl (C=O) groups is 1. The molecule has 0 aliphatic carbocycles. The van der Waals surface area contributed by atoms with Crippen molar-refractivity contribution in [3.05, 3.63) is 52.4 Å². The van der Waals surface area contributed by atoms with E-state index in [4.69, 9.17) is 9.26 Å². The molecule has 1 N–H and O–H groups in total. The Kier molecular flexibility index (Phi) is 3.75. The summed E-state index contributed by atoms with van der Waals surface area (Å²) in [5.74, 6) is 0.368. The third-order valence-electron chi connectivity index (χ3n) is 3.80. The Morgan fingerprint density at radius 2 is 2.19 bits per heavy atom. The lowest BCUT2D eigenvalue weighted by Crippen LogP contribution is -2.32. The number of carbonyl (C=O) groups excluding carboxylic acids is 1. The predicted molar refractivity (Wildman–Crippen MR) is 77.1 cm³/mol. The van der Waals surface area contributed by atoms with E-state index in [1.54, 1.807) is 13.8 Å². The third kappa shape index (κ3) is 2.69. The maximum absolute atomic E-state index is 12.2. The van der Waals surface area contributed by atoms with Gasteiger partial charge in [-0.3, -0.25) is 4.79 Å².